The molecule has 386 valence electrons. The van der Waals surface area contributed by atoms with Crippen molar-refractivity contribution in [2.75, 3.05) is 41.2 Å². The third kappa shape index (κ3) is 16.1. The summed E-state index contributed by atoms with van der Waals surface area (Å²) >= 11 is 0. The fourth-order valence-corrected chi connectivity index (χ4v) is 11.6. The molecule has 68 heavy (non-hydrogen) atoms. The van der Waals surface area contributed by atoms with Gasteiger partial charge in [-0.2, -0.15) is 0 Å². The van der Waals surface area contributed by atoms with E-state index >= 15 is 0 Å². The number of cyclic esters (lactones) is 1. The maximum atomic E-state index is 14.5. The van der Waals surface area contributed by atoms with Crippen LogP contribution in [0.15, 0.2) is 47.6 Å². The first-order chi connectivity index (χ1) is 32.0. The smallest absolute Gasteiger partial charge is 0.329 e. The molecule has 0 aromatic rings. The quantitative estimate of drug-likeness (QED) is 0.102. The Morgan fingerprint density at radius 3 is 2.21 bits per heavy atom. The van der Waals surface area contributed by atoms with Crippen molar-refractivity contribution >= 4 is 30.8 Å². The van der Waals surface area contributed by atoms with E-state index in [2.05, 4.69) is 6.92 Å². The van der Waals surface area contributed by atoms with Crippen LogP contribution in [0.2, 0.25) is 0 Å². The van der Waals surface area contributed by atoms with Crippen LogP contribution in [-0.2, 0) is 52.0 Å². The van der Waals surface area contributed by atoms with Gasteiger partial charge in [0.15, 0.2) is 13.2 Å². The van der Waals surface area contributed by atoms with Gasteiger partial charge in [-0.3, -0.25) is 18.9 Å². The Morgan fingerprint density at radius 2 is 1.54 bits per heavy atom. The van der Waals surface area contributed by atoms with Crippen LogP contribution in [0, 0.1) is 35.5 Å². The Hall–Kier alpha value is -2.81. The molecule has 1 amide bonds. The third-order valence-corrected chi connectivity index (χ3v) is 15.7. The number of carbonyl (C=O) groups excluding carboxylic acids is 4. The van der Waals surface area contributed by atoms with Gasteiger partial charge in [-0.05, 0) is 126 Å². The highest BCUT2D eigenvalue weighted by atomic mass is 31.2. The first kappa shape index (κ1) is 57.8. The second kappa shape index (κ2) is 26.6. The first-order valence-corrected chi connectivity index (χ1v) is 27.7. The van der Waals surface area contributed by atoms with Gasteiger partial charge < -0.3 is 43.3 Å². The van der Waals surface area contributed by atoms with Crippen molar-refractivity contribution in [3.05, 3.63) is 47.6 Å². The molecule has 2 saturated heterocycles. The van der Waals surface area contributed by atoms with Crippen LogP contribution in [0.1, 0.15) is 132 Å². The first-order valence-electron chi connectivity index (χ1n) is 25.2. The number of nitrogens with zero attached hydrogens (tertiary/aromatic N) is 1. The van der Waals surface area contributed by atoms with E-state index in [0.717, 1.165) is 12.0 Å². The molecule has 0 aromatic carbocycles. The Balaban J connectivity index is 1.67. The van der Waals surface area contributed by atoms with Crippen molar-refractivity contribution in [2.24, 2.45) is 35.5 Å². The average molecular weight is 976 g/mol. The molecule has 15 heteroatoms. The van der Waals surface area contributed by atoms with E-state index in [0.29, 0.717) is 82.6 Å². The van der Waals surface area contributed by atoms with E-state index < -0.39 is 73.3 Å². The average Bonchev–Trinajstić information content (AvgIpc) is 3.29. The minimum Gasteiger partial charge on any atom is -0.461 e. The number of hydrogen-bond acceptors (Lipinski definition) is 13. The van der Waals surface area contributed by atoms with Crippen molar-refractivity contribution in [1.29, 1.82) is 0 Å². The number of allylic oxidation sites excluding steroid dienone is 6. The number of carbonyl (C=O) groups is 4. The lowest BCUT2D eigenvalue weighted by molar-refractivity contribution is -0.265. The lowest BCUT2D eigenvalue weighted by atomic mass is 9.78. The second-order valence-electron chi connectivity index (χ2n) is 21.0. The van der Waals surface area contributed by atoms with Crippen molar-refractivity contribution < 1.29 is 62.2 Å². The van der Waals surface area contributed by atoms with Crippen LogP contribution in [0.5, 0.6) is 0 Å². The highest BCUT2D eigenvalue weighted by molar-refractivity contribution is 7.57. The minimum absolute atomic E-state index is 0.0602. The molecular weight excluding hydrogens is 890 g/mol. The lowest BCUT2D eigenvalue weighted by Crippen LogP contribution is -2.61. The molecule has 3 heterocycles. The predicted octanol–water partition coefficient (Wildman–Crippen LogP) is 8.56. The van der Waals surface area contributed by atoms with Gasteiger partial charge in [0.1, 0.15) is 24.4 Å². The maximum Gasteiger partial charge on any atom is 0.329 e. The van der Waals surface area contributed by atoms with Gasteiger partial charge in [-0.15, -0.1) is 0 Å². The molecule has 3 aliphatic heterocycles. The summed E-state index contributed by atoms with van der Waals surface area (Å²) < 4.78 is 48.5. The Kier molecular flexibility index (Phi) is 22.6. The normalized spacial score (nSPS) is 39.4. The monoisotopic (exact) mass is 976 g/mol. The molecule has 15 atom stereocenters. The predicted molar refractivity (Wildman–Crippen MR) is 263 cm³/mol. The lowest BCUT2D eigenvalue weighted by Gasteiger charge is -2.42. The van der Waals surface area contributed by atoms with Crippen LogP contribution in [0.4, 0.5) is 0 Å². The summed E-state index contributed by atoms with van der Waals surface area (Å²) in [5, 5.41) is 23.5. The van der Waals surface area contributed by atoms with E-state index in [1.54, 1.807) is 41.4 Å². The number of methoxy groups -OCH3 is 3. The summed E-state index contributed by atoms with van der Waals surface area (Å²) in [5.41, 5.74) is 1.50. The molecule has 0 radical (unpaired) electrons. The molecule has 0 aromatic heterocycles. The molecule has 1 aliphatic carbocycles. The molecule has 2 bridgehead atoms. The number of rotatable bonds is 8. The molecule has 0 spiro atoms. The summed E-state index contributed by atoms with van der Waals surface area (Å²) in [6.07, 6.45) is 14.7. The van der Waals surface area contributed by atoms with Crippen molar-refractivity contribution in [3.8, 4) is 0 Å². The number of fused-ring (bicyclic) bond motifs is 3. The van der Waals surface area contributed by atoms with E-state index in [4.69, 9.17) is 28.2 Å². The van der Waals surface area contributed by atoms with Gasteiger partial charge >= 0.3 is 5.97 Å². The van der Waals surface area contributed by atoms with Crippen LogP contribution in [0.3, 0.4) is 0 Å². The van der Waals surface area contributed by atoms with Crippen LogP contribution in [0.25, 0.3) is 0 Å². The third-order valence-electron chi connectivity index (χ3n) is 14.9. The van der Waals surface area contributed by atoms with Crippen LogP contribution < -0.4 is 0 Å². The topological polar surface area (TPSA) is 184 Å². The van der Waals surface area contributed by atoms with Crippen LogP contribution >= 0.6 is 7.37 Å². The fraction of sp³-hybridized carbons (Fsp3) is 0.774. The summed E-state index contributed by atoms with van der Waals surface area (Å²) in [6, 6.07) is -1.04. The number of ketones is 2. The van der Waals surface area contributed by atoms with Gasteiger partial charge in [-0.25, -0.2) is 4.79 Å². The Bertz CT molecular complexity index is 1860. The number of aliphatic hydroxyl groups is 2. The highest BCUT2D eigenvalue weighted by Gasteiger charge is 2.53. The van der Waals surface area contributed by atoms with Crippen molar-refractivity contribution in [2.45, 2.75) is 186 Å². The summed E-state index contributed by atoms with van der Waals surface area (Å²) in [7, 11) is 1.93. The summed E-state index contributed by atoms with van der Waals surface area (Å²) in [4.78, 5) is 58.1. The molecule has 14 nitrogen and oxygen atoms in total. The van der Waals surface area contributed by atoms with E-state index in [-0.39, 0.29) is 54.1 Å². The fourth-order valence-electron chi connectivity index (χ4n) is 10.7. The Labute approximate surface area is 407 Å². The van der Waals surface area contributed by atoms with Gasteiger partial charge in [-0.1, -0.05) is 71.1 Å². The van der Waals surface area contributed by atoms with Crippen molar-refractivity contribution in [3.63, 3.8) is 0 Å². The maximum absolute atomic E-state index is 14.5. The minimum atomic E-state index is -2.75. The number of piperidine rings is 1. The number of ether oxygens (including phenoxy) is 5. The van der Waals surface area contributed by atoms with Crippen LogP contribution in [-0.4, -0.2) is 134 Å². The number of aliphatic hydroxyl groups excluding tert-OH is 1. The van der Waals surface area contributed by atoms with E-state index in [1.165, 1.54) is 12.0 Å². The van der Waals surface area contributed by atoms with E-state index in [9.17, 15) is 34.0 Å². The molecular formula is C53H86NO13P. The van der Waals surface area contributed by atoms with E-state index in [1.807, 2.05) is 64.2 Å². The number of esters is 1. The summed E-state index contributed by atoms with van der Waals surface area (Å²) in [5.74, 6) is -6.23. The zero-order valence-electron chi connectivity index (χ0n) is 43.2. The molecule has 2 N–H and O–H groups in total. The summed E-state index contributed by atoms with van der Waals surface area (Å²) in [6.45, 7) is 16.8. The van der Waals surface area contributed by atoms with Gasteiger partial charge in [0.25, 0.3) is 11.7 Å². The number of Topliss-reactive ketones (excluding diaryl/α,β-unsaturated/α-hetero) is 2. The van der Waals surface area contributed by atoms with Gasteiger partial charge in [0.2, 0.25) is 5.79 Å². The zero-order valence-corrected chi connectivity index (χ0v) is 44.1. The highest BCUT2D eigenvalue weighted by Crippen LogP contribution is 2.45. The van der Waals surface area contributed by atoms with Gasteiger partial charge in [0.05, 0.1) is 24.4 Å². The number of hydrogen-bond donors (Lipinski definition) is 2. The SMILES string of the molecule is CO[C@H]1C[C@@H]2CC[C@@H](C)[C@@](O)(O2)C(=O)C(=O)N2CCCC[C@H]2C(=O)O[C@H]([C@H](C)C[C@@H]2CC[C@@H](OP(C)(C)=O)[C@H](OC)C2)CC[C@H](C)/C=C(\C)[C@@H](O)[C@@H](OC)C(=O)[C@H](C)C[C@H](C)/C=C/C=C/C=C/1C. The zero-order chi connectivity index (χ0) is 50.5. The molecule has 1 saturated carbocycles. The molecule has 4 rings (SSSR count). The molecule has 3 fully saturated rings. The molecule has 4 aliphatic rings. The molecule has 0 unspecified atom stereocenters. The largest absolute Gasteiger partial charge is 0.461 e. The standard InChI is InChI=1S/C53H86NO13P/c1-33-18-14-13-15-19-35(3)45(62-8)32-41-24-22-39(7)53(60,66-41)50(57)51(58)54-27-17-16-20-42(54)52(59)65-43(36(4)30-40-23-26-44(46(31-40)63-9)67-68(11,12)61)25-21-34(2)29-38(6)48(56)49(64-10)47(55)37(5)28-33/h13-15,18-19,29,33-34,36-37,39-46,48-49,56,60H,16-17,20-28,30-32H2,1-12H3/b15-13+,18-14+,35-19+,38-29+/t33-,34+,36-,37-,39-,40+,41+,42+,43+,44-,45+,46-,48-,49+,53-/m1/s1. The number of amides is 1. The van der Waals surface area contributed by atoms with Crippen molar-refractivity contribution in [1.82, 2.24) is 4.90 Å². The second-order valence-corrected chi connectivity index (χ2v) is 23.7. The Morgan fingerprint density at radius 1 is 0.824 bits per heavy atom. The van der Waals surface area contributed by atoms with Gasteiger partial charge in [0, 0.05) is 59.5 Å².